The Bertz CT molecular complexity index is 500. The maximum Gasteiger partial charge on any atom is 1.00 e. The zero-order chi connectivity index (χ0) is 22.2. The van der Waals surface area contributed by atoms with Gasteiger partial charge in [0.1, 0.15) is 0 Å². The molecule has 0 spiro atoms. The van der Waals surface area contributed by atoms with Crippen molar-refractivity contribution in [3.05, 3.63) is 0 Å². The molecule has 0 aromatic rings. The van der Waals surface area contributed by atoms with Gasteiger partial charge in [0.2, 0.25) is 0 Å². The number of unbranched alkanes of at least 4 members (excludes halogenated alkanes) is 9. The van der Waals surface area contributed by atoms with Crippen molar-refractivity contribution in [2.45, 2.75) is 102 Å². The number of hydrogen-bond acceptors (Lipinski definition) is 5. The Morgan fingerprint density at radius 3 is 1.37 bits per heavy atom. The van der Waals surface area contributed by atoms with E-state index in [0.717, 1.165) is 57.8 Å². The fraction of sp³-hybridized carbons (Fsp3) is 1.00. The van der Waals surface area contributed by atoms with Gasteiger partial charge in [-0.05, 0) is 19.3 Å². The summed E-state index contributed by atoms with van der Waals surface area (Å²) < 4.78 is 39.4. The maximum atomic E-state index is 13.4. The first-order chi connectivity index (χ1) is 13.7. The monoisotopic (exact) mass is 520 g/mol. The van der Waals surface area contributed by atoms with Crippen molar-refractivity contribution in [3.8, 4) is 0 Å². The predicted molar refractivity (Wildman–Crippen MR) is 123 cm³/mol. The van der Waals surface area contributed by atoms with E-state index in [9.17, 15) is 14.0 Å². The Kier molecular flexibility index (Phi) is 21.8. The molecule has 0 aromatic heterocycles. The molecule has 0 amide bonds. The molecule has 0 aliphatic rings. The van der Waals surface area contributed by atoms with Gasteiger partial charge < -0.3 is 19.9 Å². The SMILES string of the molecule is CCCCCCOP(=O)(O)C(Cl)(Cl)P(=O)(OCCCCCC)OCCCCCC.[H-].[Na+]. The van der Waals surface area contributed by atoms with Crippen molar-refractivity contribution in [1.29, 1.82) is 0 Å². The molecule has 0 saturated heterocycles. The van der Waals surface area contributed by atoms with Crippen LogP contribution in [-0.2, 0) is 22.7 Å². The molecule has 1 atom stereocenters. The summed E-state index contributed by atoms with van der Waals surface area (Å²) in [6.07, 6.45) is 10.6. The molecule has 0 aliphatic heterocycles. The van der Waals surface area contributed by atoms with Crippen LogP contribution in [0.5, 0.6) is 0 Å². The Morgan fingerprint density at radius 1 is 0.700 bits per heavy atom. The molecule has 0 bridgehead atoms. The molecule has 0 heterocycles. The standard InChI is InChI=1S/C19H40Cl2O6P2.Na.H/c1-4-7-10-13-16-25-28(22,23)19(20,21)29(24,26-17-14-11-8-5-2)27-18-15-12-9-6-3;;/h4-18H2,1-3H3,(H,22,23);;/q;+1;-1. The Hall–Kier alpha value is 1.88. The number of rotatable bonds is 20. The van der Waals surface area contributed by atoms with Crippen LogP contribution in [0.3, 0.4) is 0 Å². The Morgan fingerprint density at radius 2 is 1.03 bits per heavy atom. The smallest absolute Gasteiger partial charge is 1.00 e. The Balaban J connectivity index is -0.00000392. The van der Waals surface area contributed by atoms with E-state index >= 15 is 0 Å². The molecule has 1 N–H and O–H groups in total. The first-order valence-corrected chi connectivity index (χ1v) is 14.8. The molecule has 0 radical (unpaired) electrons. The zero-order valence-electron chi connectivity index (χ0n) is 20.2. The van der Waals surface area contributed by atoms with Gasteiger partial charge in [-0.2, -0.15) is 0 Å². The maximum absolute atomic E-state index is 13.4. The van der Waals surface area contributed by atoms with Gasteiger partial charge in [0.15, 0.2) is 0 Å². The van der Waals surface area contributed by atoms with Crippen LogP contribution in [0.1, 0.15) is 99.2 Å². The van der Waals surface area contributed by atoms with Gasteiger partial charge in [-0.15, -0.1) is 0 Å². The van der Waals surface area contributed by atoms with Crippen molar-refractivity contribution in [1.82, 2.24) is 0 Å². The molecule has 1 unspecified atom stereocenters. The number of alkyl halides is 2. The minimum Gasteiger partial charge on any atom is -1.00 e. The molecule has 11 heteroatoms. The molecular weight excluding hydrogens is 480 g/mol. The second-order valence-electron chi connectivity index (χ2n) is 7.21. The van der Waals surface area contributed by atoms with Crippen LogP contribution >= 0.6 is 38.4 Å². The third-order valence-electron chi connectivity index (χ3n) is 4.45. The van der Waals surface area contributed by atoms with Gasteiger partial charge >= 0.3 is 48.6 Å². The quantitative estimate of drug-likeness (QED) is 0.101. The summed E-state index contributed by atoms with van der Waals surface area (Å²) in [5.74, 6) is 0. The average molecular weight is 521 g/mol. The zero-order valence-corrected chi connectivity index (χ0v) is 24.5. The molecular formula is C19H41Cl2NaO6P2. The molecule has 6 nitrogen and oxygen atoms in total. The van der Waals surface area contributed by atoms with Crippen LogP contribution in [0.15, 0.2) is 0 Å². The second-order valence-corrected chi connectivity index (χ2v) is 14.1. The van der Waals surface area contributed by atoms with Crippen LogP contribution < -0.4 is 29.6 Å². The van der Waals surface area contributed by atoms with E-state index in [1.165, 1.54) is 0 Å². The summed E-state index contributed by atoms with van der Waals surface area (Å²) in [7, 11) is -8.98. The molecule has 0 saturated carbocycles. The van der Waals surface area contributed by atoms with Gasteiger partial charge in [0, 0.05) is 0 Å². The predicted octanol–water partition coefficient (Wildman–Crippen LogP) is 5.36. The third-order valence-corrected chi connectivity index (χ3v) is 11.4. The normalized spacial score (nSPS) is 14.3. The van der Waals surface area contributed by atoms with Crippen molar-refractivity contribution in [2.24, 2.45) is 0 Å². The van der Waals surface area contributed by atoms with Crippen molar-refractivity contribution >= 4 is 38.4 Å². The van der Waals surface area contributed by atoms with Gasteiger partial charge in [0.05, 0.1) is 19.8 Å². The minimum atomic E-state index is -4.67. The van der Waals surface area contributed by atoms with Crippen LogP contribution in [0.25, 0.3) is 0 Å². The summed E-state index contributed by atoms with van der Waals surface area (Å²) in [5.41, 5.74) is 0. The van der Waals surface area contributed by atoms with E-state index in [4.69, 9.17) is 36.8 Å². The minimum absolute atomic E-state index is 0. The van der Waals surface area contributed by atoms with E-state index in [2.05, 4.69) is 20.8 Å². The van der Waals surface area contributed by atoms with E-state index in [1.54, 1.807) is 0 Å². The molecule has 178 valence electrons. The molecule has 30 heavy (non-hydrogen) atoms. The van der Waals surface area contributed by atoms with Gasteiger partial charge in [-0.3, -0.25) is 9.13 Å². The summed E-state index contributed by atoms with van der Waals surface area (Å²) in [5, 5.41) is 0. The van der Waals surface area contributed by atoms with Gasteiger partial charge in [-0.1, -0.05) is 102 Å². The summed E-state index contributed by atoms with van der Waals surface area (Å²) in [6.45, 7) is 6.39. The topological polar surface area (TPSA) is 82.1 Å². The molecule has 0 fully saturated rings. The van der Waals surface area contributed by atoms with Crippen molar-refractivity contribution in [2.75, 3.05) is 19.8 Å². The van der Waals surface area contributed by atoms with Crippen LogP contribution in [0, 0.1) is 0 Å². The fourth-order valence-electron chi connectivity index (χ4n) is 2.57. The third kappa shape index (κ3) is 12.9. The van der Waals surface area contributed by atoms with E-state index in [-0.39, 0.29) is 50.8 Å². The molecule has 0 aromatic carbocycles. The Labute approximate surface area is 217 Å². The second kappa shape index (κ2) is 19.2. The number of hydrogen-bond donors (Lipinski definition) is 1. The summed E-state index contributed by atoms with van der Waals surface area (Å²) in [4.78, 5) is 10.4. The van der Waals surface area contributed by atoms with E-state index in [0.29, 0.717) is 19.3 Å². The first kappa shape index (κ1) is 34.0. The van der Waals surface area contributed by atoms with Crippen LogP contribution in [0.4, 0.5) is 0 Å². The molecule has 0 aliphatic carbocycles. The molecule has 0 rings (SSSR count). The number of halogens is 2. The van der Waals surface area contributed by atoms with Gasteiger partial charge in [0.25, 0.3) is 0 Å². The van der Waals surface area contributed by atoms with E-state index in [1.807, 2.05) is 0 Å². The average Bonchev–Trinajstić information content (AvgIpc) is 2.67. The van der Waals surface area contributed by atoms with E-state index < -0.39 is 19.0 Å². The van der Waals surface area contributed by atoms with Crippen molar-refractivity contribution < 1.29 is 58.6 Å². The van der Waals surface area contributed by atoms with Crippen LogP contribution in [-0.4, -0.2) is 28.5 Å². The van der Waals surface area contributed by atoms with Gasteiger partial charge in [-0.25, -0.2) is 0 Å². The van der Waals surface area contributed by atoms with Crippen molar-refractivity contribution in [3.63, 3.8) is 0 Å². The van der Waals surface area contributed by atoms with Crippen LogP contribution in [0.2, 0.25) is 0 Å². The summed E-state index contributed by atoms with van der Waals surface area (Å²) >= 11 is 12.3. The fourth-order valence-corrected chi connectivity index (χ4v) is 6.86. The summed E-state index contributed by atoms with van der Waals surface area (Å²) in [6, 6.07) is 0. The first-order valence-electron chi connectivity index (χ1n) is 10.9. The largest absolute Gasteiger partial charge is 1.00 e.